The first-order valence-corrected chi connectivity index (χ1v) is 11.4. The molecular formula is C24H24ClF4N5O. The summed E-state index contributed by atoms with van der Waals surface area (Å²) in [5, 5.41) is 6.75. The molecule has 1 saturated heterocycles. The van der Waals surface area contributed by atoms with Crippen molar-refractivity contribution < 1.29 is 22.4 Å². The second-order valence-corrected chi connectivity index (χ2v) is 8.76. The lowest BCUT2D eigenvalue weighted by molar-refractivity contribution is -0.141. The van der Waals surface area contributed by atoms with Crippen LogP contribution in [0.3, 0.4) is 0 Å². The fraction of sp³-hybridized carbons (Fsp3) is 0.333. The van der Waals surface area contributed by atoms with Gasteiger partial charge in [-0.15, -0.1) is 0 Å². The van der Waals surface area contributed by atoms with E-state index in [0.29, 0.717) is 36.9 Å². The molecule has 2 heterocycles. The van der Waals surface area contributed by atoms with Crippen LogP contribution in [0.2, 0.25) is 5.02 Å². The first-order valence-electron chi connectivity index (χ1n) is 11.1. The number of piperazine rings is 1. The molecule has 186 valence electrons. The lowest BCUT2D eigenvalue weighted by Gasteiger charge is -2.38. The molecule has 0 saturated carbocycles. The molecule has 3 aromatic rings. The SMILES string of the molecule is CC(c1ccc(F)cc1)N1CCN(C(=O)NCc2cc(C(F)(F)F)nn2-c2cccc(Cl)c2)CC1. The standard InChI is InChI=1S/C24H24ClF4N5O/c1-16(17-5-7-19(26)8-6-17)32-9-11-33(12-10-32)23(35)30-15-21-14-22(24(27,28)29)31-34(21)20-4-2-3-18(25)13-20/h2-8,13-14,16H,9-12,15H2,1H3,(H,30,35). The Hall–Kier alpha value is -3.11. The van der Waals surface area contributed by atoms with E-state index in [1.807, 2.05) is 6.92 Å². The van der Waals surface area contributed by atoms with Gasteiger partial charge in [0, 0.05) is 37.2 Å². The van der Waals surface area contributed by atoms with Crippen LogP contribution >= 0.6 is 11.6 Å². The molecule has 1 aromatic heterocycles. The molecule has 2 amide bonds. The molecule has 1 aliphatic rings. The highest BCUT2D eigenvalue weighted by atomic mass is 35.5. The fourth-order valence-electron chi connectivity index (χ4n) is 4.06. The van der Waals surface area contributed by atoms with Crippen LogP contribution in [-0.4, -0.2) is 51.8 Å². The number of alkyl halides is 3. The Kier molecular flexibility index (Phi) is 7.32. The zero-order chi connectivity index (χ0) is 25.2. The predicted octanol–water partition coefficient (Wildman–Crippen LogP) is 5.27. The van der Waals surface area contributed by atoms with E-state index < -0.39 is 11.9 Å². The molecule has 2 aromatic carbocycles. The van der Waals surface area contributed by atoms with Gasteiger partial charge in [-0.25, -0.2) is 13.9 Å². The number of nitrogens with zero attached hydrogens (tertiary/aromatic N) is 4. The van der Waals surface area contributed by atoms with Crippen LogP contribution in [0.4, 0.5) is 22.4 Å². The summed E-state index contributed by atoms with van der Waals surface area (Å²) in [5.41, 5.74) is 0.473. The summed E-state index contributed by atoms with van der Waals surface area (Å²) in [4.78, 5) is 16.6. The Morgan fingerprint density at radius 2 is 1.77 bits per heavy atom. The van der Waals surface area contributed by atoms with Gasteiger partial charge in [-0.3, -0.25) is 4.90 Å². The third kappa shape index (κ3) is 5.94. The summed E-state index contributed by atoms with van der Waals surface area (Å²) < 4.78 is 54.2. The number of hydrogen-bond donors (Lipinski definition) is 1. The zero-order valence-corrected chi connectivity index (χ0v) is 19.7. The molecule has 1 aliphatic heterocycles. The minimum Gasteiger partial charge on any atom is -0.332 e. The van der Waals surface area contributed by atoms with Gasteiger partial charge in [0.2, 0.25) is 0 Å². The Bertz CT molecular complexity index is 1170. The number of hydrogen-bond acceptors (Lipinski definition) is 3. The van der Waals surface area contributed by atoms with Crippen molar-refractivity contribution in [2.75, 3.05) is 26.2 Å². The second kappa shape index (κ2) is 10.2. The number of aromatic nitrogens is 2. The normalized spacial score (nSPS) is 15.8. The molecule has 1 fully saturated rings. The lowest BCUT2D eigenvalue weighted by Crippen LogP contribution is -2.52. The molecule has 0 bridgehead atoms. The molecule has 1 N–H and O–H groups in total. The van der Waals surface area contributed by atoms with Crippen LogP contribution in [0.5, 0.6) is 0 Å². The third-order valence-electron chi connectivity index (χ3n) is 6.05. The monoisotopic (exact) mass is 509 g/mol. The van der Waals surface area contributed by atoms with Gasteiger partial charge in [-0.2, -0.15) is 18.3 Å². The maximum absolute atomic E-state index is 13.3. The van der Waals surface area contributed by atoms with Gasteiger partial charge >= 0.3 is 12.2 Å². The molecule has 11 heteroatoms. The maximum atomic E-state index is 13.3. The van der Waals surface area contributed by atoms with Crippen LogP contribution < -0.4 is 5.32 Å². The van der Waals surface area contributed by atoms with Crippen molar-refractivity contribution in [1.82, 2.24) is 24.9 Å². The number of benzene rings is 2. The molecular weight excluding hydrogens is 486 g/mol. The van der Waals surface area contributed by atoms with E-state index in [-0.39, 0.29) is 30.1 Å². The van der Waals surface area contributed by atoms with E-state index in [1.165, 1.54) is 18.2 Å². The topological polar surface area (TPSA) is 53.4 Å². The Labute approximate surface area is 205 Å². The van der Waals surface area contributed by atoms with Crippen LogP contribution in [0.1, 0.15) is 29.9 Å². The van der Waals surface area contributed by atoms with Gasteiger partial charge in [0.05, 0.1) is 17.9 Å². The van der Waals surface area contributed by atoms with Crippen LogP contribution in [0.15, 0.2) is 54.6 Å². The number of carbonyl (C=O) groups is 1. The average molecular weight is 510 g/mol. The molecule has 0 spiro atoms. The number of halogens is 5. The van der Waals surface area contributed by atoms with Gasteiger partial charge in [0.25, 0.3) is 0 Å². The number of urea groups is 1. The van der Waals surface area contributed by atoms with Crippen molar-refractivity contribution in [3.05, 3.63) is 82.4 Å². The van der Waals surface area contributed by atoms with Crippen LogP contribution in [0.25, 0.3) is 5.69 Å². The molecule has 4 rings (SSSR count). The van der Waals surface area contributed by atoms with Crippen LogP contribution in [-0.2, 0) is 12.7 Å². The first kappa shape index (κ1) is 25.0. The summed E-state index contributed by atoms with van der Waals surface area (Å²) in [6, 6.07) is 13.3. The predicted molar refractivity (Wildman–Crippen MR) is 124 cm³/mol. The summed E-state index contributed by atoms with van der Waals surface area (Å²) >= 11 is 5.99. The van der Waals surface area contributed by atoms with E-state index >= 15 is 0 Å². The quantitative estimate of drug-likeness (QED) is 0.477. The van der Waals surface area contributed by atoms with E-state index in [2.05, 4.69) is 15.3 Å². The minimum absolute atomic E-state index is 0.0636. The fourth-order valence-corrected chi connectivity index (χ4v) is 4.24. The smallest absolute Gasteiger partial charge is 0.332 e. The summed E-state index contributed by atoms with van der Waals surface area (Å²) in [7, 11) is 0. The third-order valence-corrected chi connectivity index (χ3v) is 6.28. The Morgan fingerprint density at radius 3 is 2.40 bits per heavy atom. The maximum Gasteiger partial charge on any atom is 0.435 e. The van der Waals surface area contributed by atoms with Crippen molar-refractivity contribution in [2.24, 2.45) is 0 Å². The van der Waals surface area contributed by atoms with E-state index in [0.717, 1.165) is 16.3 Å². The molecule has 6 nitrogen and oxygen atoms in total. The van der Waals surface area contributed by atoms with Gasteiger partial charge in [-0.1, -0.05) is 29.8 Å². The van der Waals surface area contributed by atoms with Crippen LogP contribution in [0, 0.1) is 5.82 Å². The molecule has 1 unspecified atom stereocenters. The van der Waals surface area contributed by atoms with E-state index in [1.54, 1.807) is 35.2 Å². The number of nitrogens with one attached hydrogen (secondary N) is 1. The van der Waals surface area contributed by atoms with Crippen molar-refractivity contribution in [3.63, 3.8) is 0 Å². The molecule has 0 radical (unpaired) electrons. The summed E-state index contributed by atoms with van der Waals surface area (Å²) in [5.74, 6) is -0.290. The summed E-state index contributed by atoms with van der Waals surface area (Å²) in [6.45, 7) is 4.03. The second-order valence-electron chi connectivity index (χ2n) is 8.32. The first-order chi connectivity index (χ1) is 16.6. The number of amides is 2. The highest BCUT2D eigenvalue weighted by Crippen LogP contribution is 2.30. The molecule has 35 heavy (non-hydrogen) atoms. The van der Waals surface area contributed by atoms with Crippen molar-refractivity contribution in [3.8, 4) is 5.69 Å². The van der Waals surface area contributed by atoms with Gasteiger partial charge in [0.1, 0.15) is 5.82 Å². The highest BCUT2D eigenvalue weighted by Gasteiger charge is 2.35. The van der Waals surface area contributed by atoms with Crippen molar-refractivity contribution in [2.45, 2.75) is 25.7 Å². The number of rotatable bonds is 5. The summed E-state index contributed by atoms with van der Waals surface area (Å²) in [6.07, 6.45) is -4.62. The highest BCUT2D eigenvalue weighted by molar-refractivity contribution is 6.30. The van der Waals surface area contributed by atoms with Gasteiger partial charge in [0.15, 0.2) is 5.69 Å². The van der Waals surface area contributed by atoms with Crippen molar-refractivity contribution in [1.29, 1.82) is 0 Å². The largest absolute Gasteiger partial charge is 0.435 e. The average Bonchev–Trinajstić information content (AvgIpc) is 3.28. The molecule has 1 atom stereocenters. The molecule has 0 aliphatic carbocycles. The van der Waals surface area contributed by atoms with E-state index in [9.17, 15) is 22.4 Å². The van der Waals surface area contributed by atoms with Gasteiger partial charge in [-0.05, 0) is 48.9 Å². The van der Waals surface area contributed by atoms with Crippen molar-refractivity contribution >= 4 is 17.6 Å². The Morgan fingerprint density at radius 1 is 1.09 bits per heavy atom. The Balaban J connectivity index is 1.39. The zero-order valence-electron chi connectivity index (χ0n) is 18.9. The van der Waals surface area contributed by atoms with Gasteiger partial charge < -0.3 is 10.2 Å². The lowest BCUT2D eigenvalue weighted by atomic mass is 10.1. The van der Waals surface area contributed by atoms with E-state index in [4.69, 9.17) is 11.6 Å². The minimum atomic E-state index is -4.62. The number of carbonyl (C=O) groups excluding carboxylic acids is 1.